The number of thioether (sulfide) groups is 2. The molecule has 0 aliphatic carbocycles. The number of carboxylic acid groups (broad SMARTS) is 1. The van der Waals surface area contributed by atoms with Crippen molar-refractivity contribution in [2.45, 2.75) is 178 Å². The Bertz CT molecular complexity index is 4880. The Labute approximate surface area is 724 Å². The zero-order valence-corrected chi connectivity index (χ0v) is 73.0. The summed E-state index contributed by atoms with van der Waals surface area (Å²) in [5, 5.41) is 51.2. The number of aliphatic carboxylic acids is 1. The normalized spacial score (nSPS) is 27.9. The van der Waals surface area contributed by atoms with Gasteiger partial charge in [0.25, 0.3) is 5.91 Å². The molecule has 0 radical (unpaired) electrons. The molecule has 9 rings (SSSR count). The van der Waals surface area contributed by atoms with E-state index in [4.69, 9.17) is 11.5 Å². The van der Waals surface area contributed by atoms with Gasteiger partial charge in [0.2, 0.25) is 103 Å². The van der Waals surface area contributed by atoms with E-state index in [-0.39, 0.29) is 69.5 Å². The highest BCUT2D eigenvalue weighted by molar-refractivity contribution is 8.00. The van der Waals surface area contributed by atoms with Gasteiger partial charge in [0.1, 0.15) is 73.0 Å². The highest BCUT2D eigenvalue weighted by atomic mass is 32.2. The Morgan fingerprint density at radius 1 is 0.637 bits per heavy atom. The van der Waals surface area contributed by atoms with Crippen molar-refractivity contribution in [3.05, 3.63) is 72.1 Å². The molecule has 43 nitrogen and oxygen atoms in total. The van der Waals surface area contributed by atoms with Crippen LogP contribution in [0.3, 0.4) is 0 Å². The van der Waals surface area contributed by atoms with Gasteiger partial charge in [0.15, 0.2) is 19.4 Å². The lowest BCUT2D eigenvalue weighted by molar-refractivity contribution is -1.02. The first-order valence-corrected chi connectivity index (χ1v) is 46.3. The Hall–Kier alpha value is -10.6. The minimum absolute atomic E-state index is 0.00202. The number of fused-ring (bicyclic) bond motifs is 8. The second-order valence-electron chi connectivity index (χ2n) is 31.9. The number of aliphatic hydroxyl groups is 1. The van der Waals surface area contributed by atoms with Crippen molar-refractivity contribution in [1.82, 2.24) is 91.9 Å². The lowest BCUT2D eigenvalue weighted by Gasteiger charge is -2.38. The zero-order valence-electron chi connectivity index (χ0n) is 69.8. The van der Waals surface area contributed by atoms with Crippen molar-refractivity contribution >= 4 is 160 Å². The van der Waals surface area contributed by atoms with Crippen LogP contribution in [-0.2, 0) is 110 Å². The van der Waals surface area contributed by atoms with E-state index in [0.29, 0.717) is 32.9 Å². The number of nitrogens with one attached hydrogen (secondary N) is 14. The van der Waals surface area contributed by atoms with Crippen LogP contribution in [0.2, 0.25) is 0 Å². The Morgan fingerprint density at radius 2 is 1.23 bits per heavy atom. The third-order valence-electron chi connectivity index (χ3n) is 22.0. The number of nitrogens with zero attached hydrogens (tertiary/aromatic N) is 5. The SMILES string of the molecule is CC(C)[C@@H]1NC(=O)[C@H](Cc2c[nH]c3ccccc23)NC(=O)[C@H](C)NC(=O)[C@@H]2CCC[C@@H](O)[C@H](NC(=O)[C@@H](NC(=O)[C@H](C)NC(=O)CN(C)C(=O)CCN)CSCCS(=O)(=O)N3CCN4C[NH+](C3)N(C(=O)CNC(=O)[C@H](CC(=O)O)NC1=O)[C@@H](Cc1c[nH]c3ccccc13)C(=O)N[C@@H](C(C)C)C(=O)N1CCC[C@H]1C(=O)N[C@H](C(N)=O)CSCCS4(=O)=O)C(=O)N2. The smallest absolute Gasteiger partial charge is 0.305 e. The number of rotatable bonds is 16. The van der Waals surface area contributed by atoms with E-state index in [2.05, 4.69) is 68.5 Å². The van der Waals surface area contributed by atoms with Crippen LogP contribution in [0, 0.1) is 11.8 Å². The summed E-state index contributed by atoms with van der Waals surface area (Å²) in [6.07, 6.45) is -0.738. The van der Waals surface area contributed by atoms with Crippen LogP contribution in [-0.4, -0.2) is 328 Å². The first kappa shape index (κ1) is 97.2. The molecule has 16 atom stereocenters. The lowest BCUT2D eigenvalue weighted by atomic mass is 9.97. The molecule has 4 aromatic rings. The fraction of sp³-hybridized carbons (Fsp3) is 0.584. The van der Waals surface area contributed by atoms with Crippen LogP contribution in [0.4, 0.5) is 0 Å². The van der Waals surface area contributed by atoms with Crippen molar-refractivity contribution in [3.63, 3.8) is 0 Å². The van der Waals surface area contributed by atoms with Crippen molar-refractivity contribution in [3.8, 4) is 0 Å². The van der Waals surface area contributed by atoms with Gasteiger partial charge in [0.05, 0.1) is 30.6 Å². The van der Waals surface area contributed by atoms with Gasteiger partial charge in [-0.05, 0) is 81.0 Å². The lowest BCUT2D eigenvalue weighted by Crippen LogP contribution is -3.22. The van der Waals surface area contributed by atoms with Gasteiger partial charge >= 0.3 is 5.97 Å². The van der Waals surface area contributed by atoms with Gasteiger partial charge in [-0.15, -0.1) is 8.61 Å². The monoisotopic (exact) mass is 1810 g/mol. The van der Waals surface area contributed by atoms with Crippen LogP contribution in [0.5, 0.6) is 0 Å². The van der Waals surface area contributed by atoms with Crippen molar-refractivity contribution in [1.29, 1.82) is 0 Å². The standard InChI is InChI=1S/C77H111N21O22S4/c1-41(2)63-75(114)87-53(32-62(103)104)69(108)82-35-61(102)98-57(31-46-34-81-50-17-11-9-15-48(46)50)74(113)91-64(42(3)4)77(116)97-23-13-19-56(97)73(112)88-54(66(79)105)37-121-26-28-123(117,118)95-24-25-96(40-94(98)39-95)124(119,120)29-27-122-38-55(89-67(106)43(5)83-59(100)36-93(7)60(101)21-22-78)72(111)92-65-58(99)20-12-18-51(85-76(65)115)70(109)84-44(6)68(107)86-52(71(110)90-63)30-45-33-80-49-16-10-8-14-47(45)49/h8-11,14-17,33-34,41-44,51-58,63-65,80-81,99H,12-13,18-32,35-40,78H2,1-7H3,(H2,79,105)(H,82,108)(H,83,100)(H,84,109)(H,85,115)(H,86,107)(H,87,114)(H,88,112)(H,89,106)(H,90,110)(H,91,113)(H,92,111)(H,103,104)/p+1/t43-,44-,51-,52-,53-,54-,55-,56-,57-,58+,63-,64-,65-/m0/s1. The molecule has 5 aliphatic heterocycles. The summed E-state index contributed by atoms with van der Waals surface area (Å²) in [4.78, 5) is 239. The molecule has 5 bridgehead atoms. The number of aliphatic hydroxyl groups excluding tert-OH is 1. The summed E-state index contributed by atoms with van der Waals surface area (Å²) in [5.74, 6) is -21.8. The molecular formula is C77H112N21O22S4+. The fourth-order valence-corrected chi connectivity index (χ4v) is 20.9. The van der Waals surface area contributed by atoms with Crippen molar-refractivity contribution in [2.24, 2.45) is 23.3 Å². The number of para-hydroxylation sites is 2. The molecule has 2 aromatic heterocycles. The van der Waals surface area contributed by atoms with Crippen molar-refractivity contribution in [2.75, 3.05) is 94.2 Å². The number of carbonyl (C=O) groups is 16. The molecule has 15 amide bonds. The number of carboxylic acids is 1. The van der Waals surface area contributed by atoms with E-state index < -0.39 is 285 Å². The number of sulfonamides is 2. The van der Waals surface area contributed by atoms with E-state index in [1.165, 1.54) is 45.8 Å². The quantitative estimate of drug-likeness (QED) is 0.0496. The molecular weight excluding hydrogens is 1700 g/mol. The van der Waals surface area contributed by atoms with Crippen LogP contribution in [0.1, 0.15) is 97.6 Å². The van der Waals surface area contributed by atoms with Crippen LogP contribution in [0.25, 0.3) is 21.8 Å². The van der Waals surface area contributed by atoms with Crippen LogP contribution in [0.15, 0.2) is 60.9 Å². The van der Waals surface area contributed by atoms with Gasteiger partial charge in [-0.3, -0.25) is 76.7 Å². The number of aromatic amines is 2. The average Bonchev–Trinajstić information content (AvgIpc) is 1.56. The van der Waals surface area contributed by atoms with E-state index >= 15 is 31.2 Å². The summed E-state index contributed by atoms with van der Waals surface area (Å²) >= 11 is 1.62. The Kier molecular flexibility index (Phi) is 34.4. The van der Waals surface area contributed by atoms with Gasteiger partial charge in [0, 0.05) is 110 Å². The third-order valence-corrected chi connectivity index (χ3v) is 28.3. The summed E-state index contributed by atoms with van der Waals surface area (Å²) < 4.78 is 63.0. The molecule has 5 fully saturated rings. The predicted molar refractivity (Wildman–Crippen MR) is 452 cm³/mol. The molecule has 20 N–H and O–H groups in total. The number of benzene rings is 2. The summed E-state index contributed by atoms with van der Waals surface area (Å²) in [6.45, 7) is 3.56. The maximum Gasteiger partial charge on any atom is 0.305 e. The van der Waals surface area contributed by atoms with Gasteiger partial charge in [-0.2, -0.15) is 28.5 Å². The summed E-state index contributed by atoms with van der Waals surface area (Å²) in [6, 6.07) is -5.99. The van der Waals surface area contributed by atoms with E-state index in [9.17, 15) is 72.5 Å². The van der Waals surface area contributed by atoms with Crippen LogP contribution < -0.4 is 75.0 Å². The number of aromatic nitrogens is 2. The average molecular weight is 1810 g/mol. The summed E-state index contributed by atoms with van der Waals surface area (Å²) in [5.41, 5.74) is 13.3. The number of quaternary nitrogens is 1. The second-order valence-corrected chi connectivity index (χ2v) is 38.4. The number of hydrogen-bond acceptors (Lipinski definition) is 24. The first-order chi connectivity index (χ1) is 58.7. The molecule has 47 heteroatoms. The number of carbonyl (C=O) groups excluding carboxylic acids is 15. The van der Waals surface area contributed by atoms with Gasteiger partial charge in [-0.1, -0.05) is 64.1 Å². The van der Waals surface area contributed by atoms with E-state index in [1.54, 1.807) is 68.6 Å². The molecule has 0 spiro atoms. The first-order valence-electron chi connectivity index (χ1n) is 40.8. The minimum atomic E-state index is -4.85. The van der Waals surface area contributed by atoms with Crippen LogP contribution >= 0.6 is 23.5 Å². The highest BCUT2D eigenvalue weighted by Crippen LogP contribution is 2.26. The Balaban J connectivity index is 1.16. The van der Waals surface area contributed by atoms with E-state index in [1.807, 2.05) is 0 Å². The number of H-pyrrole nitrogens is 2. The number of primary amides is 1. The minimum Gasteiger partial charge on any atom is -0.481 e. The molecule has 2 aromatic carbocycles. The maximum atomic E-state index is 16.2. The second kappa shape index (κ2) is 43.9. The zero-order chi connectivity index (χ0) is 90.8. The molecule has 0 saturated carbocycles. The highest BCUT2D eigenvalue weighted by Gasteiger charge is 2.48. The number of likely N-dealkylation sites (N-methyl/N-ethyl adjacent to an activating group) is 1. The maximum absolute atomic E-state index is 16.2. The predicted octanol–water partition coefficient (Wildman–Crippen LogP) is -7.26. The fourth-order valence-electron chi connectivity index (χ4n) is 15.0. The molecule has 5 saturated heterocycles. The molecule has 5 aliphatic rings. The molecule has 3 unspecified atom stereocenters. The van der Waals surface area contributed by atoms with E-state index in [0.717, 1.165) is 42.0 Å². The molecule has 7 heterocycles. The van der Waals surface area contributed by atoms with Gasteiger partial charge in [-0.25, -0.2) is 21.8 Å². The Morgan fingerprint density at radius 3 is 1.82 bits per heavy atom. The third kappa shape index (κ3) is 25.6. The molecule has 124 heavy (non-hydrogen) atoms. The molecule has 680 valence electrons. The van der Waals surface area contributed by atoms with Crippen molar-refractivity contribution < 1.29 is 109 Å². The largest absolute Gasteiger partial charge is 0.481 e. The summed E-state index contributed by atoms with van der Waals surface area (Å²) in [7, 11) is -8.24. The number of hydrogen-bond donors (Lipinski definition) is 18. The van der Waals surface area contributed by atoms with Gasteiger partial charge < -0.3 is 99.9 Å². The number of nitrogens with two attached hydrogens (primary N) is 2. The topological polar surface area (TPSA) is 618 Å². The number of amides is 15.